The smallest absolute Gasteiger partial charge is 0.131 e. The van der Waals surface area contributed by atoms with Gasteiger partial charge in [-0.1, -0.05) is 6.07 Å². The van der Waals surface area contributed by atoms with Crippen molar-refractivity contribution < 1.29 is 8.78 Å². The van der Waals surface area contributed by atoms with Gasteiger partial charge in [0.25, 0.3) is 0 Å². The van der Waals surface area contributed by atoms with E-state index >= 15 is 0 Å². The maximum absolute atomic E-state index is 13.6. The minimum Gasteiger partial charge on any atom is -0.320 e. The van der Waals surface area contributed by atoms with Gasteiger partial charge in [0.1, 0.15) is 11.6 Å². The molecule has 0 aliphatic carbocycles. The monoisotopic (exact) mass is 237 g/mol. The Kier molecular flexibility index (Phi) is 2.93. The molecule has 0 fully saturated rings. The summed E-state index contributed by atoms with van der Waals surface area (Å²) in [5.41, 5.74) is 7.07. The molecule has 1 aromatic carbocycles. The lowest BCUT2D eigenvalue weighted by atomic mass is 9.99. The highest BCUT2D eigenvalue weighted by atomic mass is 19.1. The largest absolute Gasteiger partial charge is 0.320 e. The molecule has 0 saturated carbocycles. The van der Waals surface area contributed by atoms with E-state index in [9.17, 15) is 8.78 Å². The van der Waals surface area contributed by atoms with E-state index in [1.807, 2.05) is 0 Å². The standard InChI is InChI=1S/C12H13F2N3/c1-7-8(6-17(2)16-7)12(15)11-9(13)4-3-5-10(11)14/h3-6,12H,15H2,1-2H3. The summed E-state index contributed by atoms with van der Waals surface area (Å²) in [6, 6.07) is 2.87. The van der Waals surface area contributed by atoms with Crippen LogP contribution >= 0.6 is 0 Å². The molecule has 2 N–H and O–H groups in total. The molecule has 1 aromatic heterocycles. The van der Waals surface area contributed by atoms with Crippen molar-refractivity contribution in [1.29, 1.82) is 0 Å². The Morgan fingerprint density at radius 1 is 1.29 bits per heavy atom. The number of nitrogens with two attached hydrogens (primary N) is 1. The fraction of sp³-hybridized carbons (Fsp3) is 0.250. The van der Waals surface area contributed by atoms with Gasteiger partial charge < -0.3 is 5.73 Å². The van der Waals surface area contributed by atoms with Gasteiger partial charge >= 0.3 is 0 Å². The Hall–Kier alpha value is -1.75. The molecule has 1 atom stereocenters. The molecule has 0 radical (unpaired) electrons. The van der Waals surface area contributed by atoms with E-state index < -0.39 is 17.7 Å². The number of aryl methyl sites for hydroxylation is 2. The molecule has 0 bridgehead atoms. The Balaban J connectivity index is 2.51. The predicted molar refractivity (Wildman–Crippen MR) is 60.3 cm³/mol. The van der Waals surface area contributed by atoms with Gasteiger partial charge in [0.2, 0.25) is 0 Å². The van der Waals surface area contributed by atoms with Crippen molar-refractivity contribution in [2.45, 2.75) is 13.0 Å². The highest BCUT2D eigenvalue weighted by molar-refractivity contribution is 5.34. The summed E-state index contributed by atoms with van der Waals surface area (Å²) in [5.74, 6) is -1.28. The van der Waals surface area contributed by atoms with Crippen LogP contribution in [-0.2, 0) is 7.05 Å². The lowest BCUT2D eigenvalue weighted by molar-refractivity contribution is 0.543. The van der Waals surface area contributed by atoms with Crippen molar-refractivity contribution in [3.63, 3.8) is 0 Å². The summed E-state index contributed by atoms with van der Waals surface area (Å²) < 4.78 is 28.7. The molecule has 0 saturated heterocycles. The Morgan fingerprint density at radius 3 is 2.35 bits per heavy atom. The SMILES string of the molecule is Cc1nn(C)cc1C(N)c1c(F)cccc1F. The highest BCUT2D eigenvalue weighted by Crippen LogP contribution is 2.26. The average molecular weight is 237 g/mol. The van der Waals surface area contributed by atoms with Crippen molar-refractivity contribution in [2.24, 2.45) is 12.8 Å². The van der Waals surface area contributed by atoms with Gasteiger partial charge in [-0.3, -0.25) is 4.68 Å². The fourth-order valence-corrected chi connectivity index (χ4v) is 1.89. The summed E-state index contributed by atoms with van der Waals surface area (Å²) in [6.07, 6.45) is 1.67. The van der Waals surface area contributed by atoms with Gasteiger partial charge in [0.05, 0.1) is 11.7 Å². The van der Waals surface area contributed by atoms with Gasteiger partial charge in [-0.15, -0.1) is 0 Å². The lowest BCUT2D eigenvalue weighted by Gasteiger charge is -2.13. The van der Waals surface area contributed by atoms with Crippen LogP contribution < -0.4 is 5.73 Å². The summed E-state index contributed by atoms with van der Waals surface area (Å²) in [4.78, 5) is 0. The zero-order valence-corrected chi connectivity index (χ0v) is 9.61. The topological polar surface area (TPSA) is 43.8 Å². The molecule has 5 heteroatoms. The van der Waals surface area contributed by atoms with Crippen LogP contribution in [0.1, 0.15) is 22.9 Å². The number of benzene rings is 1. The van der Waals surface area contributed by atoms with E-state index in [0.29, 0.717) is 11.3 Å². The van der Waals surface area contributed by atoms with Crippen LogP contribution in [0.5, 0.6) is 0 Å². The summed E-state index contributed by atoms with van der Waals surface area (Å²) in [7, 11) is 1.74. The van der Waals surface area contributed by atoms with Crippen LogP contribution in [0.2, 0.25) is 0 Å². The van der Waals surface area contributed by atoms with Crippen LogP contribution in [-0.4, -0.2) is 9.78 Å². The maximum Gasteiger partial charge on any atom is 0.131 e. The first-order valence-electron chi connectivity index (χ1n) is 5.20. The molecule has 2 aromatic rings. The first kappa shape index (κ1) is 11.7. The van der Waals surface area contributed by atoms with E-state index in [4.69, 9.17) is 5.73 Å². The zero-order chi connectivity index (χ0) is 12.6. The molecule has 90 valence electrons. The second-order valence-corrected chi connectivity index (χ2v) is 3.96. The molecule has 2 rings (SSSR count). The van der Waals surface area contributed by atoms with E-state index in [-0.39, 0.29) is 5.56 Å². The molecule has 17 heavy (non-hydrogen) atoms. The van der Waals surface area contributed by atoms with Crippen molar-refractivity contribution in [1.82, 2.24) is 9.78 Å². The Morgan fingerprint density at radius 2 is 1.88 bits per heavy atom. The van der Waals surface area contributed by atoms with Gasteiger partial charge in [0, 0.05) is 24.4 Å². The van der Waals surface area contributed by atoms with E-state index in [0.717, 1.165) is 0 Å². The van der Waals surface area contributed by atoms with E-state index in [2.05, 4.69) is 5.10 Å². The molecular weight excluding hydrogens is 224 g/mol. The van der Waals surface area contributed by atoms with Gasteiger partial charge in [-0.05, 0) is 19.1 Å². The van der Waals surface area contributed by atoms with E-state index in [1.54, 1.807) is 24.9 Å². The third kappa shape index (κ3) is 2.06. The average Bonchev–Trinajstić information content (AvgIpc) is 2.57. The molecule has 0 spiro atoms. The molecule has 0 aliphatic rings. The minimum absolute atomic E-state index is 0.122. The molecule has 0 amide bonds. The first-order valence-corrected chi connectivity index (χ1v) is 5.20. The third-order valence-electron chi connectivity index (χ3n) is 2.70. The summed E-state index contributed by atoms with van der Waals surface area (Å²) >= 11 is 0. The van der Waals surface area contributed by atoms with Crippen molar-refractivity contribution in [3.05, 3.63) is 52.9 Å². The minimum atomic E-state index is -0.843. The maximum atomic E-state index is 13.6. The molecule has 3 nitrogen and oxygen atoms in total. The highest BCUT2D eigenvalue weighted by Gasteiger charge is 2.21. The second kappa shape index (κ2) is 4.25. The van der Waals surface area contributed by atoms with E-state index in [1.165, 1.54) is 18.2 Å². The normalized spacial score (nSPS) is 12.8. The van der Waals surface area contributed by atoms with Gasteiger partial charge in [-0.25, -0.2) is 8.78 Å². The van der Waals surface area contributed by atoms with Crippen LogP contribution in [0.15, 0.2) is 24.4 Å². The van der Waals surface area contributed by atoms with Gasteiger partial charge in [0.15, 0.2) is 0 Å². The Labute approximate surface area is 97.9 Å². The van der Waals surface area contributed by atoms with Crippen molar-refractivity contribution >= 4 is 0 Å². The van der Waals surface area contributed by atoms with Crippen LogP contribution in [0, 0.1) is 18.6 Å². The molecule has 1 heterocycles. The third-order valence-corrected chi connectivity index (χ3v) is 2.70. The first-order chi connectivity index (χ1) is 8.00. The number of halogens is 2. The number of nitrogens with zero attached hydrogens (tertiary/aromatic N) is 2. The van der Waals surface area contributed by atoms with Crippen molar-refractivity contribution in [2.75, 3.05) is 0 Å². The number of hydrogen-bond acceptors (Lipinski definition) is 2. The lowest BCUT2D eigenvalue weighted by Crippen LogP contribution is -2.16. The Bertz CT molecular complexity index is 528. The predicted octanol–water partition coefficient (Wildman–Crippen LogP) is 2.05. The van der Waals surface area contributed by atoms with Gasteiger partial charge in [-0.2, -0.15) is 5.10 Å². The quantitative estimate of drug-likeness (QED) is 0.868. The zero-order valence-electron chi connectivity index (χ0n) is 9.61. The summed E-state index contributed by atoms with van der Waals surface area (Å²) in [5, 5.41) is 4.11. The summed E-state index contributed by atoms with van der Waals surface area (Å²) in [6.45, 7) is 1.76. The molecule has 1 unspecified atom stereocenters. The van der Waals surface area contributed by atoms with Crippen LogP contribution in [0.4, 0.5) is 8.78 Å². The van der Waals surface area contributed by atoms with Crippen LogP contribution in [0.25, 0.3) is 0 Å². The molecular formula is C12H13F2N3. The van der Waals surface area contributed by atoms with Crippen LogP contribution in [0.3, 0.4) is 0 Å². The number of hydrogen-bond donors (Lipinski definition) is 1. The number of rotatable bonds is 2. The second-order valence-electron chi connectivity index (χ2n) is 3.96. The molecule has 0 aliphatic heterocycles. The number of aromatic nitrogens is 2. The fourth-order valence-electron chi connectivity index (χ4n) is 1.89. The van der Waals surface area contributed by atoms with Crippen molar-refractivity contribution in [3.8, 4) is 0 Å².